The number of fused-ring (bicyclic) bond motifs is 1. The third-order valence-corrected chi connectivity index (χ3v) is 11.4. The number of hydrogen-bond acceptors (Lipinski definition) is 4. The van der Waals surface area contributed by atoms with Gasteiger partial charge in [0.15, 0.2) is 0 Å². The van der Waals surface area contributed by atoms with E-state index in [0.29, 0.717) is 41.0 Å². The summed E-state index contributed by atoms with van der Waals surface area (Å²) in [7, 11) is 0. The van der Waals surface area contributed by atoms with E-state index >= 15 is 0 Å². The van der Waals surface area contributed by atoms with Gasteiger partial charge in [-0.2, -0.15) is 0 Å². The van der Waals surface area contributed by atoms with Crippen molar-refractivity contribution in [3.8, 4) is 5.75 Å². The summed E-state index contributed by atoms with van der Waals surface area (Å²) in [4.78, 5) is 18.8. The van der Waals surface area contributed by atoms with Gasteiger partial charge in [0, 0.05) is 30.6 Å². The number of phenols is 1. The normalized spacial score (nSPS) is 42.6. The molecule has 6 fully saturated rings. The van der Waals surface area contributed by atoms with Crippen molar-refractivity contribution in [1.29, 1.82) is 0 Å². The predicted molar refractivity (Wildman–Crippen MR) is 140 cm³/mol. The van der Waals surface area contributed by atoms with E-state index in [9.17, 15) is 9.90 Å². The zero-order chi connectivity index (χ0) is 21.9. The van der Waals surface area contributed by atoms with Gasteiger partial charge in [0.05, 0.1) is 6.04 Å². The van der Waals surface area contributed by atoms with Crippen molar-refractivity contribution in [1.82, 2.24) is 15.1 Å². The van der Waals surface area contributed by atoms with Gasteiger partial charge >= 0.3 is 0 Å². The largest absolute Gasteiger partial charge is 0.508 e. The van der Waals surface area contributed by atoms with E-state index in [1.54, 1.807) is 0 Å². The van der Waals surface area contributed by atoms with Crippen LogP contribution in [0.5, 0.6) is 5.75 Å². The van der Waals surface area contributed by atoms with Gasteiger partial charge in [-0.15, -0.1) is 24.8 Å². The van der Waals surface area contributed by atoms with E-state index in [1.165, 1.54) is 62.7 Å². The van der Waals surface area contributed by atoms with Gasteiger partial charge in [0.1, 0.15) is 5.75 Å². The summed E-state index contributed by atoms with van der Waals surface area (Å²) in [5, 5.41) is 14.1. The van der Waals surface area contributed by atoms with Crippen LogP contribution >= 0.6 is 24.8 Å². The smallest absolute Gasteiger partial charge is 0.239 e. The van der Waals surface area contributed by atoms with Gasteiger partial charge in [-0.1, -0.05) is 6.07 Å². The molecule has 5 unspecified atom stereocenters. The average Bonchev–Trinajstić information content (AvgIpc) is 3.24. The first kappa shape index (κ1) is 24.3. The van der Waals surface area contributed by atoms with Crippen LogP contribution in [0.3, 0.4) is 0 Å². The van der Waals surface area contributed by atoms with Crippen LogP contribution in [-0.4, -0.2) is 65.1 Å². The van der Waals surface area contributed by atoms with Crippen LogP contribution in [-0.2, 0) is 16.6 Å². The molecule has 4 bridgehead atoms. The highest BCUT2D eigenvalue weighted by molar-refractivity contribution is 5.85. The topological polar surface area (TPSA) is 55.8 Å². The highest BCUT2D eigenvalue weighted by Crippen LogP contribution is 2.75. The van der Waals surface area contributed by atoms with Gasteiger partial charge in [-0.3, -0.25) is 9.69 Å². The summed E-state index contributed by atoms with van der Waals surface area (Å²) >= 11 is 0. The number of nitrogens with zero attached hydrogens (tertiary/aromatic N) is 2. The zero-order valence-electron chi connectivity index (χ0n) is 20.5. The summed E-state index contributed by atoms with van der Waals surface area (Å²) in [6.45, 7) is 4.46. The van der Waals surface area contributed by atoms with Crippen molar-refractivity contribution < 1.29 is 9.90 Å². The summed E-state index contributed by atoms with van der Waals surface area (Å²) < 4.78 is 0. The molecule has 7 atom stereocenters. The van der Waals surface area contributed by atoms with Crippen molar-refractivity contribution in [3.05, 3.63) is 29.3 Å². The van der Waals surface area contributed by atoms with Gasteiger partial charge in [-0.25, -0.2) is 0 Å². The number of aromatic hydroxyl groups is 1. The lowest BCUT2D eigenvalue weighted by molar-refractivity contribution is -0.141. The predicted octanol–water partition coefficient (Wildman–Crippen LogP) is 3.89. The fourth-order valence-electron chi connectivity index (χ4n) is 10.3. The fourth-order valence-corrected chi connectivity index (χ4v) is 10.3. The van der Waals surface area contributed by atoms with Crippen LogP contribution in [0.1, 0.15) is 62.5 Å². The summed E-state index contributed by atoms with van der Waals surface area (Å²) in [5.41, 5.74) is 3.44. The monoisotopic (exact) mass is 519 g/mol. The number of carbonyl (C=O) groups is 1. The van der Waals surface area contributed by atoms with Crippen molar-refractivity contribution in [3.63, 3.8) is 0 Å². The van der Waals surface area contributed by atoms with E-state index in [-0.39, 0.29) is 36.3 Å². The van der Waals surface area contributed by atoms with E-state index < -0.39 is 0 Å². The molecule has 0 radical (unpaired) electrons. The number of benzene rings is 1. The Labute approximate surface area is 221 Å². The van der Waals surface area contributed by atoms with Crippen LogP contribution in [0.25, 0.3) is 0 Å². The first-order valence-corrected chi connectivity index (χ1v) is 13.7. The van der Waals surface area contributed by atoms with Crippen LogP contribution in [0.4, 0.5) is 0 Å². The minimum Gasteiger partial charge on any atom is -0.508 e. The fraction of sp³-hybridized carbons (Fsp3) is 0.750. The Balaban J connectivity index is 0.00000114. The number of phenolic OH excluding ortho intramolecular Hbond substituents is 1. The lowest BCUT2D eigenvalue weighted by atomic mass is 9.43. The van der Waals surface area contributed by atoms with E-state index in [2.05, 4.69) is 27.2 Å². The molecule has 3 heterocycles. The number of amides is 1. The Morgan fingerprint density at radius 1 is 1.14 bits per heavy atom. The number of nitrogens with one attached hydrogen (secondary N) is 1. The maximum absolute atomic E-state index is 13.6. The number of hydrogen-bond donors (Lipinski definition) is 2. The molecule has 35 heavy (non-hydrogen) atoms. The van der Waals surface area contributed by atoms with Crippen LogP contribution < -0.4 is 5.32 Å². The van der Waals surface area contributed by atoms with Gasteiger partial charge < -0.3 is 15.3 Å². The molecule has 3 aliphatic heterocycles. The molecule has 1 aromatic rings. The molecule has 1 aromatic carbocycles. The van der Waals surface area contributed by atoms with Crippen molar-refractivity contribution in [2.24, 2.45) is 23.2 Å². The second kappa shape index (κ2) is 8.24. The molecule has 1 amide bonds. The standard InChI is InChI=1S/C28H37N3O2.2ClH/c32-20-6-5-18-12-24-27-8-7-23-25(19(14-27)16-31(23)26(33)22-2-1-10-29-22)28(27,21(18)13-20)9-11-30(24)15-17-3-4-17;;/h5-6,13,17,19,22-25,29,32H,1-4,7-12,14-16H2;2*1H/t19-,22+,23?,24?,25?,27?,28?;;/m1../s1. The van der Waals surface area contributed by atoms with Gasteiger partial charge in [-0.05, 0) is 117 Å². The highest BCUT2D eigenvalue weighted by atomic mass is 35.5. The van der Waals surface area contributed by atoms with Crippen molar-refractivity contribution in [2.75, 3.05) is 26.2 Å². The Morgan fingerprint density at radius 2 is 2.00 bits per heavy atom. The third-order valence-electron chi connectivity index (χ3n) is 11.4. The number of piperidine rings is 1. The average molecular weight is 521 g/mol. The summed E-state index contributed by atoms with van der Waals surface area (Å²) in [5.74, 6) is 2.94. The Morgan fingerprint density at radius 3 is 2.77 bits per heavy atom. The molecule has 8 rings (SSSR count). The zero-order valence-corrected chi connectivity index (χ0v) is 22.1. The highest BCUT2D eigenvalue weighted by Gasteiger charge is 2.76. The van der Waals surface area contributed by atoms with Crippen molar-refractivity contribution in [2.45, 2.75) is 81.3 Å². The van der Waals surface area contributed by atoms with E-state index in [1.807, 2.05) is 6.07 Å². The van der Waals surface area contributed by atoms with Crippen LogP contribution in [0, 0.1) is 23.2 Å². The summed E-state index contributed by atoms with van der Waals surface area (Å²) in [6, 6.07) is 7.37. The Hall–Kier alpha value is -1.01. The third kappa shape index (κ3) is 3.05. The Bertz CT molecular complexity index is 1030. The lowest BCUT2D eigenvalue weighted by Crippen LogP contribution is -2.70. The molecule has 0 aromatic heterocycles. The van der Waals surface area contributed by atoms with Crippen LogP contribution in [0.15, 0.2) is 18.2 Å². The van der Waals surface area contributed by atoms with Crippen molar-refractivity contribution >= 4 is 30.7 Å². The summed E-state index contributed by atoms with van der Waals surface area (Å²) in [6.07, 6.45) is 11.1. The quantitative estimate of drug-likeness (QED) is 0.635. The number of halogens is 2. The number of likely N-dealkylation sites (tertiary alicyclic amines) is 2. The lowest BCUT2D eigenvalue weighted by Gasteiger charge is -2.66. The molecule has 7 heteroatoms. The maximum Gasteiger partial charge on any atom is 0.239 e. The molecule has 4 aliphatic carbocycles. The molecule has 0 spiro atoms. The molecule has 2 N–H and O–H groups in total. The molecular formula is C28H39Cl2N3O2. The molecule has 192 valence electrons. The first-order chi connectivity index (χ1) is 16.1. The van der Waals surface area contributed by atoms with E-state index in [4.69, 9.17) is 0 Å². The minimum atomic E-state index is 0. The molecule has 5 nitrogen and oxygen atoms in total. The second-order valence-corrected chi connectivity index (χ2v) is 12.6. The number of rotatable bonds is 3. The van der Waals surface area contributed by atoms with Gasteiger partial charge in [0.2, 0.25) is 5.91 Å². The minimum absolute atomic E-state index is 0. The second-order valence-electron chi connectivity index (χ2n) is 12.6. The van der Waals surface area contributed by atoms with Gasteiger partial charge in [0.25, 0.3) is 0 Å². The maximum atomic E-state index is 13.6. The first-order valence-electron chi connectivity index (χ1n) is 13.7. The van der Waals surface area contributed by atoms with Crippen LogP contribution in [0.2, 0.25) is 0 Å². The molecule has 3 saturated heterocycles. The van der Waals surface area contributed by atoms with E-state index in [0.717, 1.165) is 38.3 Å². The Kier molecular flexibility index (Phi) is 5.73. The number of carbonyl (C=O) groups excluding carboxylic acids is 1. The molecule has 3 saturated carbocycles. The SMILES string of the molecule is Cl.Cl.O=C([C@@H]1CCCN1)N1C[C@H]2CC34CCC1C2C31CCN(CC2CC2)C4Cc2ccc(O)cc21. The molecule has 7 aliphatic rings. The molecular weight excluding hydrogens is 481 g/mol.